The van der Waals surface area contributed by atoms with Crippen molar-refractivity contribution in [2.45, 2.75) is 12.8 Å². The van der Waals surface area contributed by atoms with Crippen LogP contribution in [0.1, 0.15) is 18.4 Å². The molecule has 1 aliphatic rings. The number of Topliss-reactive ketones (excluding diaryl/α,β-unsaturated/α-hetero) is 1. The molecule has 21 heavy (non-hydrogen) atoms. The van der Waals surface area contributed by atoms with E-state index in [0.717, 1.165) is 27.6 Å². The van der Waals surface area contributed by atoms with Crippen molar-refractivity contribution in [3.05, 3.63) is 32.9 Å². The lowest BCUT2D eigenvalue weighted by Crippen LogP contribution is -2.06. The lowest BCUT2D eigenvalue weighted by atomic mass is 9.97. The SMILES string of the molecule is COc1cc(/C=C2\CCC=C(I)C2=O)cc(OC)c1OC. The highest BCUT2D eigenvalue weighted by Crippen LogP contribution is 2.39. The summed E-state index contributed by atoms with van der Waals surface area (Å²) in [5, 5.41) is 0. The Hall–Kier alpha value is -1.50. The number of hydrogen-bond donors (Lipinski definition) is 0. The number of rotatable bonds is 4. The maximum atomic E-state index is 12.1. The Kier molecular flexibility index (Phi) is 5.27. The van der Waals surface area contributed by atoms with E-state index in [2.05, 4.69) is 22.6 Å². The van der Waals surface area contributed by atoms with Gasteiger partial charge >= 0.3 is 0 Å². The normalized spacial score (nSPS) is 16.7. The predicted molar refractivity (Wildman–Crippen MR) is 90.4 cm³/mol. The van der Waals surface area contributed by atoms with Gasteiger partial charge in [0.15, 0.2) is 17.3 Å². The molecule has 0 saturated heterocycles. The van der Waals surface area contributed by atoms with Crippen LogP contribution in [0.5, 0.6) is 17.2 Å². The van der Waals surface area contributed by atoms with Crippen molar-refractivity contribution in [1.29, 1.82) is 0 Å². The number of ketones is 1. The summed E-state index contributed by atoms with van der Waals surface area (Å²) in [7, 11) is 4.72. The van der Waals surface area contributed by atoms with Crippen molar-refractivity contribution in [3.63, 3.8) is 0 Å². The van der Waals surface area contributed by atoms with Crippen molar-refractivity contribution in [2.75, 3.05) is 21.3 Å². The van der Waals surface area contributed by atoms with Gasteiger partial charge < -0.3 is 14.2 Å². The first-order chi connectivity index (χ1) is 10.1. The second kappa shape index (κ2) is 6.98. The van der Waals surface area contributed by atoms with Crippen molar-refractivity contribution >= 4 is 34.5 Å². The second-order valence-electron chi connectivity index (χ2n) is 4.55. The third-order valence-electron chi connectivity index (χ3n) is 3.27. The largest absolute Gasteiger partial charge is 0.493 e. The molecule has 0 amide bonds. The molecule has 0 atom stereocenters. The Balaban J connectivity index is 2.45. The quantitative estimate of drug-likeness (QED) is 0.570. The maximum absolute atomic E-state index is 12.1. The zero-order chi connectivity index (χ0) is 15.4. The molecule has 112 valence electrons. The van der Waals surface area contributed by atoms with Crippen LogP contribution >= 0.6 is 22.6 Å². The van der Waals surface area contributed by atoms with Crippen LogP contribution in [-0.4, -0.2) is 27.1 Å². The van der Waals surface area contributed by atoms with Gasteiger partial charge in [0.2, 0.25) is 5.75 Å². The van der Waals surface area contributed by atoms with Crippen LogP contribution in [0.3, 0.4) is 0 Å². The Bertz CT molecular complexity index is 592. The summed E-state index contributed by atoms with van der Waals surface area (Å²) in [5.74, 6) is 1.80. The average Bonchev–Trinajstić information content (AvgIpc) is 2.50. The molecule has 0 aromatic heterocycles. The summed E-state index contributed by atoms with van der Waals surface area (Å²) in [4.78, 5) is 12.1. The van der Waals surface area contributed by atoms with Crippen LogP contribution in [0.4, 0.5) is 0 Å². The molecule has 1 aromatic rings. The van der Waals surface area contributed by atoms with Gasteiger partial charge in [-0.25, -0.2) is 0 Å². The third-order valence-corrected chi connectivity index (χ3v) is 4.20. The van der Waals surface area contributed by atoms with E-state index < -0.39 is 0 Å². The summed E-state index contributed by atoms with van der Waals surface area (Å²) in [5.41, 5.74) is 1.66. The molecule has 0 aliphatic heterocycles. The number of hydrogen-bond acceptors (Lipinski definition) is 4. The number of carbonyl (C=O) groups excluding carboxylic acids is 1. The number of ether oxygens (including phenoxy) is 3. The van der Waals surface area contributed by atoms with Crippen LogP contribution < -0.4 is 14.2 Å². The fraction of sp³-hybridized carbons (Fsp3) is 0.312. The smallest absolute Gasteiger partial charge is 0.203 e. The second-order valence-corrected chi connectivity index (χ2v) is 5.71. The minimum atomic E-state index is 0.0931. The van der Waals surface area contributed by atoms with Gasteiger partial charge in [-0.2, -0.15) is 0 Å². The molecule has 1 aliphatic carbocycles. The first kappa shape index (κ1) is 15.9. The Morgan fingerprint density at radius 2 is 1.71 bits per heavy atom. The minimum absolute atomic E-state index is 0.0931. The highest BCUT2D eigenvalue weighted by molar-refractivity contribution is 14.1. The average molecular weight is 400 g/mol. The molecule has 0 radical (unpaired) electrons. The van der Waals surface area contributed by atoms with Gasteiger partial charge in [-0.3, -0.25) is 4.79 Å². The first-order valence-electron chi connectivity index (χ1n) is 6.51. The summed E-state index contributed by atoms with van der Waals surface area (Å²) in [6, 6.07) is 3.68. The fourth-order valence-corrected chi connectivity index (χ4v) is 2.90. The molecule has 0 bridgehead atoms. The van der Waals surface area contributed by atoms with E-state index in [0.29, 0.717) is 17.2 Å². The molecule has 0 heterocycles. The van der Waals surface area contributed by atoms with Gasteiger partial charge in [0.1, 0.15) is 0 Å². The highest BCUT2D eigenvalue weighted by Gasteiger charge is 2.18. The molecule has 0 fully saturated rings. The van der Waals surface area contributed by atoms with Crippen molar-refractivity contribution < 1.29 is 19.0 Å². The van der Waals surface area contributed by atoms with Gasteiger partial charge in [-0.15, -0.1) is 0 Å². The number of halogens is 1. The zero-order valence-corrected chi connectivity index (χ0v) is 14.4. The molecular formula is C16H17IO4. The highest BCUT2D eigenvalue weighted by atomic mass is 127. The van der Waals surface area contributed by atoms with E-state index >= 15 is 0 Å². The van der Waals surface area contributed by atoms with E-state index in [4.69, 9.17) is 14.2 Å². The minimum Gasteiger partial charge on any atom is -0.493 e. The molecule has 4 nitrogen and oxygen atoms in total. The molecule has 0 unspecified atom stereocenters. The molecular weight excluding hydrogens is 383 g/mol. The topological polar surface area (TPSA) is 44.8 Å². The Morgan fingerprint density at radius 1 is 1.10 bits per heavy atom. The van der Waals surface area contributed by atoms with E-state index in [1.807, 2.05) is 24.3 Å². The van der Waals surface area contributed by atoms with Crippen LogP contribution in [0.2, 0.25) is 0 Å². The van der Waals surface area contributed by atoms with E-state index in [1.54, 1.807) is 21.3 Å². The van der Waals surface area contributed by atoms with Crippen molar-refractivity contribution in [3.8, 4) is 17.2 Å². The van der Waals surface area contributed by atoms with Crippen molar-refractivity contribution in [1.82, 2.24) is 0 Å². The lowest BCUT2D eigenvalue weighted by Gasteiger charge is -2.14. The third kappa shape index (κ3) is 3.40. The lowest BCUT2D eigenvalue weighted by molar-refractivity contribution is -0.111. The number of methoxy groups -OCH3 is 3. The van der Waals surface area contributed by atoms with Gasteiger partial charge in [-0.05, 0) is 59.2 Å². The Labute approximate surface area is 137 Å². The van der Waals surface area contributed by atoms with E-state index in [9.17, 15) is 4.79 Å². The standard InChI is InChI=1S/C16H17IO4/c1-19-13-8-10(9-14(20-2)16(13)21-3)7-11-5-4-6-12(17)15(11)18/h6-9H,4-5H2,1-3H3/b11-7+. The van der Waals surface area contributed by atoms with Gasteiger partial charge in [-0.1, -0.05) is 6.08 Å². The fourth-order valence-electron chi connectivity index (χ4n) is 2.24. The summed E-state index contributed by atoms with van der Waals surface area (Å²) in [6.07, 6.45) is 5.50. The van der Waals surface area contributed by atoms with Crippen LogP contribution in [-0.2, 0) is 4.79 Å². The molecule has 5 heteroatoms. The summed E-state index contributed by atoms with van der Waals surface area (Å²) in [6.45, 7) is 0. The van der Waals surface area contributed by atoms with Crippen LogP contribution in [0.25, 0.3) is 6.08 Å². The van der Waals surface area contributed by atoms with Gasteiger partial charge in [0, 0.05) is 5.57 Å². The maximum Gasteiger partial charge on any atom is 0.203 e. The first-order valence-corrected chi connectivity index (χ1v) is 7.59. The molecule has 0 spiro atoms. The van der Waals surface area contributed by atoms with Crippen LogP contribution in [0, 0.1) is 0 Å². The monoisotopic (exact) mass is 400 g/mol. The zero-order valence-electron chi connectivity index (χ0n) is 12.2. The number of benzene rings is 1. The van der Waals surface area contributed by atoms with Gasteiger partial charge in [0.25, 0.3) is 0 Å². The van der Waals surface area contributed by atoms with E-state index in [1.165, 1.54) is 0 Å². The van der Waals surface area contributed by atoms with Crippen molar-refractivity contribution in [2.24, 2.45) is 0 Å². The van der Waals surface area contributed by atoms with E-state index in [-0.39, 0.29) is 5.78 Å². The molecule has 1 aromatic carbocycles. The van der Waals surface area contributed by atoms with Gasteiger partial charge in [0.05, 0.1) is 24.9 Å². The Morgan fingerprint density at radius 3 is 2.24 bits per heavy atom. The number of allylic oxidation sites excluding steroid dienone is 3. The molecule has 0 N–H and O–H groups in total. The molecule has 2 rings (SSSR count). The summed E-state index contributed by atoms with van der Waals surface area (Å²) < 4.78 is 16.7. The summed E-state index contributed by atoms with van der Waals surface area (Å²) >= 11 is 2.08. The predicted octanol–water partition coefficient (Wildman–Crippen LogP) is 3.78. The molecule has 0 saturated carbocycles. The van der Waals surface area contributed by atoms with Crippen LogP contribution in [0.15, 0.2) is 27.4 Å². The number of carbonyl (C=O) groups is 1.